The molecule has 4 rings (SSSR count). The normalized spacial score (nSPS) is 30.8. The fourth-order valence-corrected chi connectivity index (χ4v) is 4.36. The Hall–Kier alpha value is -3.51. The van der Waals surface area contributed by atoms with Crippen molar-refractivity contribution in [2.75, 3.05) is 26.9 Å². The first-order chi connectivity index (χ1) is 20.4. The molecule has 0 saturated carbocycles. The van der Waals surface area contributed by atoms with Crippen molar-refractivity contribution in [2.45, 2.75) is 55.3 Å². The summed E-state index contributed by atoms with van der Waals surface area (Å²) in [6.07, 6.45) is -8.66. The number of aliphatic hydroxyl groups excluding tert-OH is 5. The number of benzene rings is 2. The van der Waals surface area contributed by atoms with Gasteiger partial charge in [-0.1, -0.05) is 12.1 Å². The highest BCUT2D eigenvalue weighted by Gasteiger charge is 2.51. The Labute approximate surface area is 245 Å². The third-order valence-electron chi connectivity index (χ3n) is 6.93. The summed E-state index contributed by atoms with van der Waals surface area (Å²) in [5.41, 5.74) is -1.12. The second-order valence-electron chi connectivity index (χ2n) is 10.0. The maximum atomic E-state index is 12.2. The topological polar surface area (TPSA) is 234 Å². The molecule has 2 aliphatic rings. The molecule has 2 saturated heterocycles. The van der Waals surface area contributed by atoms with E-state index in [1.807, 2.05) is 0 Å². The van der Waals surface area contributed by atoms with E-state index in [-0.39, 0.29) is 29.6 Å². The van der Waals surface area contributed by atoms with E-state index in [1.54, 1.807) is 0 Å². The lowest BCUT2D eigenvalue weighted by molar-refractivity contribution is -0.289. The molecule has 43 heavy (non-hydrogen) atoms. The summed E-state index contributed by atoms with van der Waals surface area (Å²) in [4.78, 5) is 12.2. The van der Waals surface area contributed by atoms with Gasteiger partial charge in [0.2, 0.25) is 6.29 Å². The van der Waals surface area contributed by atoms with Crippen molar-refractivity contribution < 1.29 is 74.1 Å². The summed E-state index contributed by atoms with van der Waals surface area (Å²) in [6.45, 7) is -1.97. The number of phenolic OH excluding ortho intramolecular Hbond substituents is 2. The number of phenols is 2. The smallest absolute Gasteiger partial charge is 0.330 e. The number of ether oxygens (including phenoxy) is 6. The summed E-state index contributed by atoms with van der Waals surface area (Å²) in [7, 11) is 1.38. The second-order valence-corrected chi connectivity index (χ2v) is 10.0. The van der Waals surface area contributed by atoms with Gasteiger partial charge >= 0.3 is 5.97 Å². The molecular formula is C28H34O15. The molecule has 2 fully saturated rings. The Kier molecular flexibility index (Phi) is 10.4. The Morgan fingerprint density at radius 1 is 1.00 bits per heavy atom. The molecule has 0 aliphatic carbocycles. The van der Waals surface area contributed by atoms with Gasteiger partial charge in [0.25, 0.3) is 0 Å². The van der Waals surface area contributed by atoms with Gasteiger partial charge in [0.15, 0.2) is 34.9 Å². The largest absolute Gasteiger partial charge is 0.504 e. The average Bonchev–Trinajstić information content (AvgIpc) is 3.29. The van der Waals surface area contributed by atoms with Crippen molar-refractivity contribution in [1.82, 2.24) is 0 Å². The number of carbonyl (C=O) groups excluding carboxylic acids is 1. The highest BCUT2D eigenvalue weighted by Crippen LogP contribution is 2.32. The summed E-state index contributed by atoms with van der Waals surface area (Å²) in [5, 5.41) is 81.4. The number of hydrogen-bond acceptors (Lipinski definition) is 15. The van der Waals surface area contributed by atoms with E-state index < -0.39 is 74.5 Å². The quantitative estimate of drug-likeness (QED) is 0.107. The standard InChI is InChI=1S/C28H34O15/c1-38-19-9-14(2-5-16(19)30)4-7-21(32)40-12-28(37)13-41-27(25(28)36)39-11-20-22(33)23(34)24(35)26(43-20)42-18-6-3-15(10-29)8-17(18)31/h2-9,20,22-27,29-31,33-37H,10-13H2,1H3. The molecule has 0 bridgehead atoms. The molecule has 0 radical (unpaired) electrons. The van der Waals surface area contributed by atoms with E-state index in [0.717, 1.165) is 6.08 Å². The van der Waals surface area contributed by atoms with Crippen LogP contribution in [-0.4, -0.2) is 122 Å². The fourth-order valence-electron chi connectivity index (χ4n) is 4.36. The monoisotopic (exact) mass is 610 g/mol. The number of aliphatic hydroxyl groups is 6. The second kappa shape index (κ2) is 13.9. The zero-order valence-corrected chi connectivity index (χ0v) is 22.9. The van der Waals surface area contributed by atoms with Crippen molar-refractivity contribution in [2.24, 2.45) is 0 Å². The molecule has 15 nitrogen and oxygen atoms in total. The third kappa shape index (κ3) is 7.53. The molecule has 236 valence electrons. The van der Waals surface area contributed by atoms with Crippen LogP contribution in [0, 0.1) is 0 Å². The van der Waals surface area contributed by atoms with Crippen molar-refractivity contribution in [1.29, 1.82) is 0 Å². The maximum Gasteiger partial charge on any atom is 0.330 e. The molecule has 0 amide bonds. The number of rotatable bonds is 11. The molecule has 15 heteroatoms. The van der Waals surface area contributed by atoms with Crippen LogP contribution in [0.15, 0.2) is 42.5 Å². The van der Waals surface area contributed by atoms with Crippen LogP contribution < -0.4 is 9.47 Å². The summed E-state index contributed by atoms with van der Waals surface area (Å²) in [5.74, 6) is -1.21. The van der Waals surface area contributed by atoms with Gasteiger partial charge in [-0.05, 0) is 41.5 Å². The van der Waals surface area contributed by atoms with Gasteiger partial charge in [0.05, 0.1) is 26.9 Å². The zero-order chi connectivity index (χ0) is 31.3. The number of aromatic hydroxyl groups is 2. The van der Waals surface area contributed by atoms with Crippen LogP contribution >= 0.6 is 0 Å². The predicted molar refractivity (Wildman–Crippen MR) is 143 cm³/mol. The molecule has 2 aromatic rings. The van der Waals surface area contributed by atoms with Gasteiger partial charge in [-0.15, -0.1) is 0 Å². The SMILES string of the molecule is COc1cc(C=CC(=O)OCC2(O)COC(OCC3OC(Oc4ccc(CO)cc4O)C(O)C(O)C3O)C2O)ccc1O. The average molecular weight is 611 g/mol. The van der Waals surface area contributed by atoms with E-state index in [9.17, 15) is 45.6 Å². The lowest BCUT2D eigenvalue weighted by atomic mass is 9.99. The van der Waals surface area contributed by atoms with Gasteiger partial charge < -0.3 is 69.3 Å². The van der Waals surface area contributed by atoms with Crippen molar-refractivity contribution >= 4 is 12.0 Å². The Bertz CT molecular complexity index is 1280. The minimum absolute atomic E-state index is 0.0756. The number of esters is 1. The van der Waals surface area contributed by atoms with Crippen LogP contribution in [-0.2, 0) is 30.3 Å². The Morgan fingerprint density at radius 2 is 1.77 bits per heavy atom. The minimum Gasteiger partial charge on any atom is -0.504 e. The van der Waals surface area contributed by atoms with Crippen molar-refractivity contribution in [3.05, 3.63) is 53.6 Å². The van der Waals surface area contributed by atoms with Crippen LogP contribution in [0.1, 0.15) is 11.1 Å². The van der Waals surface area contributed by atoms with Gasteiger partial charge in [-0.3, -0.25) is 0 Å². The first-order valence-electron chi connectivity index (χ1n) is 13.1. The summed E-state index contributed by atoms with van der Waals surface area (Å²) >= 11 is 0. The fraction of sp³-hybridized carbons (Fsp3) is 0.464. The minimum atomic E-state index is -2.04. The van der Waals surface area contributed by atoms with Gasteiger partial charge in [0, 0.05) is 6.08 Å². The van der Waals surface area contributed by atoms with Crippen LogP contribution in [0.4, 0.5) is 0 Å². The first kappa shape index (κ1) is 32.4. The van der Waals surface area contributed by atoms with Gasteiger partial charge in [0.1, 0.15) is 37.1 Å². The van der Waals surface area contributed by atoms with E-state index in [0.29, 0.717) is 11.1 Å². The summed E-state index contributed by atoms with van der Waals surface area (Å²) in [6, 6.07) is 8.41. The highest BCUT2D eigenvalue weighted by atomic mass is 16.7. The molecule has 0 aromatic heterocycles. The molecule has 2 heterocycles. The van der Waals surface area contributed by atoms with E-state index >= 15 is 0 Å². The van der Waals surface area contributed by atoms with E-state index in [1.165, 1.54) is 49.6 Å². The molecule has 8 N–H and O–H groups in total. The van der Waals surface area contributed by atoms with Crippen LogP contribution in [0.2, 0.25) is 0 Å². The molecule has 2 aromatic carbocycles. The highest BCUT2D eigenvalue weighted by molar-refractivity contribution is 5.87. The number of hydrogen-bond donors (Lipinski definition) is 8. The molecular weight excluding hydrogens is 576 g/mol. The van der Waals surface area contributed by atoms with Crippen LogP contribution in [0.3, 0.4) is 0 Å². The number of carbonyl (C=O) groups is 1. The predicted octanol–water partition coefficient (Wildman–Crippen LogP) is -1.49. The first-order valence-corrected chi connectivity index (χ1v) is 13.1. The summed E-state index contributed by atoms with van der Waals surface area (Å²) < 4.78 is 31.8. The van der Waals surface area contributed by atoms with Crippen molar-refractivity contribution in [3.8, 4) is 23.0 Å². The van der Waals surface area contributed by atoms with E-state index in [2.05, 4.69) is 0 Å². The molecule has 8 unspecified atom stereocenters. The number of methoxy groups -OCH3 is 1. The third-order valence-corrected chi connectivity index (χ3v) is 6.93. The van der Waals surface area contributed by atoms with Gasteiger partial charge in [-0.2, -0.15) is 0 Å². The Balaban J connectivity index is 1.30. The molecule has 8 atom stereocenters. The Morgan fingerprint density at radius 3 is 2.47 bits per heavy atom. The van der Waals surface area contributed by atoms with E-state index in [4.69, 9.17) is 28.4 Å². The zero-order valence-electron chi connectivity index (χ0n) is 22.9. The molecule has 2 aliphatic heterocycles. The lowest BCUT2D eigenvalue weighted by Gasteiger charge is -2.40. The van der Waals surface area contributed by atoms with Gasteiger partial charge in [-0.25, -0.2) is 4.79 Å². The van der Waals surface area contributed by atoms with Crippen molar-refractivity contribution in [3.63, 3.8) is 0 Å². The van der Waals surface area contributed by atoms with Crippen LogP contribution in [0.25, 0.3) is 6.08 Å². The maximum absolute atomic E-state index is 12.2. The lowest BCUT2D eigenvalue weighted by Crippen LogP contribution is -2.60. The van der Waals surface area contributed by atoms with Crippen LogP contribution in [0.5, 0.6) is 23.0 Å². The molecule has 0 spiro atoms.